The fourth-order valence-electron chi connectivity index (χ4n) is 4.97. The van der Waals surface area contributed by atoms with Crippen LogP contribution in [0, 0.1) is 21.7 Å². The molecule has 2 heterocycles. The van der Waals surface area contributed by atoms with Gasteiger partial charge in [0.25, 0.3) is 5.69 Å². The van der Waals surface area contributed by atoms with Crippen molar-refractivity contribution in [1.82, 2.24) is 0 Å². The van der Waals surface area contributed by atoms with Gasteiger partial charge in [0.1, 0.15) is 28.7 Å². The molecule has 12 nitrogen and oxygen atoms in total. The smallest absolute Gasteiger partial charge is 0.346 e. The van der Waals surface area contributed by atoms with Gasteiger partial charge in [-0.25, -0.2) is 18.4 Å². The molecule has 2 aliphatic heterocycles. The molecule has 2 unspecified atom stereocenters. The second-order valence-corrected chi connectivity index (χ2v) is 10.0. The highest BCUT2D eigenvalue weighted by molar-refractivity contribution is 6.00. The molecule has 0 aliphatic carbocycles. The second kappa shape index (κ2) is 14.9. The molecule has 0 saturated heterocycles. The minimum Gasteiger partial charge on any atom is -0.496 e. The summed E-state index contributed by atoms with van der Waals surface area (Å²) in [5.41, 5.74) is 2.23. The number of nitro groups is 1. The van der Waals surface area contributed by atoms with Gasteiger partial charge in [-0.1, -0.05) is 30.3 Å². The van der Waals surface area contributed by atoms with Crippen LogP contribution in [0.4, 0.5) is 14.5 Å². The molecular weight excluding hydrogens is 636 g/mol. The van der Waals surface area contributed by atoms with Gasteiger partial charge in [0.05, 0.1) is 35.8 Å². The van der Waals surface area contributed by atoms with Crippen LogP contribution < -0.4 is 9.47 Å². The van der Waals surface area contributed by atoms with Gasteiger partial charge in [-0.15, -0.1) is 0 Å². The summed E-state index contributed by atoms with van der Waals surface area (Å²) in [7, 11) is 2.94. The van der Waals surface area contributed by atoms with E-state index in [0.29, 0.717) is 28.2 Å². The Morgan fingerprint density at radius 1 is 0.708 bits per heavy atom. The first kappa shape index (κ1) is 34.7. The number of ether oxygens (including phenoxy) is 5. The number of methoxy groups -OCH3 is 2. The number of benzene rings is 4. The van der Waals surface area contributed by atoms with E-state index in [0.717, 1.165) is 5.56 Å². The average molecular weight is 664 g/mol. The Kier molecular flexibility index (Phi) is 10.8. The van der Waals surface area contributed by atoms with Crippen LogP contribution in [0.3, 0.4) is 0 Å². The van der Waals surface area contributed by atoms with Crippen LogP contribution in [-0.2, 0) is 23.8 Å². The summed E-state index contributed by atoms with van der Waals surface area (Å²) >= 11 is 0. The fourth-order valence-corrected chi connectivity index (χ4v) is 4.97. The number of hydrogen-bond donors (Lipinski definition) is 0. The molecule has 0 amide bonds. The zero-order valence-electron chi connectivity index (χ0n) is 25.9. The highest BCUT2D eigenvalue weighted by Crippen LogP contribution is 2.45. The van der Waals surface area contributed by atoms with Crippen LogP contribution in [0.5, 0.6) is 11.5 Å². The lowest BCUT2D eigenvalue weighted by Gasteiger charge is -2.13. The molecule has 0 spiro atoms. The Labute approximate surface area is 271 Å². The standard InChI is InChI=1S/C15H10FNO5.C15H11FO3.C4H6O3/c1-21-11-7-6-10(17(19)20)12-13(11)14(22-15(12)18)8-2-4-9(16)5-3-8;1-18-12-4-2-3-11-13(12)14(19-15(11)17)9-5-7-10(16)8-6-9;1-3(5)7-4(2)6/h2-7,14H,1H3;2-8,14H,1H3;1-2H3. The fraction of sp³-hybridized carbons (Fsp3) is 0.176. The lowest BCUT2D eigenvalue weighted by atomic mass is 9.97. The molecule has 0 fully saturated rings. The van der Waals surface area contributed by atoms with Crippen molar-refractivity contribution in [2.24, 2.45) is 0 Å². The summed E-state index contributed by atoms with van der Waals surface area (Å²) in [6, 6.07) is 19.1. The second-order valence-electron chi connectivity index (χ2n) is 10.0. The van der Waals surface area contributed by atoms with Crippen LogP contribution >= 0.6 is 0 Å². The first-order chi connectivity index (χ1) is 22.9. The number of carbonyl (C=O) groups excluding carboxylic acids is 4. The van der Waals surface area contributed by atoms with Crippen molar-refractivity contribution >= 4 is 29.6 Å². The molecule has 0 saturated carbocycles. The van der Waals surface area contributed by atoms with Crippen molar-refractivity contribution in [2.45, 2.75) is 26.1 Å². The van der Waals surface area contributed by atoms with E-state index >= 15 is 0 Å². The van der Waals surface area contributed by atoms with E-state index in [1.165, 1.54) is 69.5 Å². The maximum Gasteiger partial charge on any atom is 0.346 e. The van der Waals surface area contributed by atoms with Crippen molar-refractivity contribution < 1.29 is 56.6 Å². The highest BCUT2D eigenvalue weighted by atomic mass is 19.1. The third kappa shape index (κ3) is 7.61. The van der Waals surface area contributed by atoms with Gasteiger partial charge in [-0.2, -0.15) is 0 Å². The lowest BCUT2D eigenvalue weighted by Crippen LogP contribution is -2.03. The van der Waals surface area contributed by atoms with Crippen LogP contribution in [0.15, 0.2) is 78.9 Å². The maximum absolute atomic E-state index is 13.0. The van der Waals surface area contributed by atoms with Crippen molar-refractivity contribution in [3.8, 4) is 11.5 Å². The molecule has 48 heavy (non-hydrogen) atoms. The number of carbonyl (C=O) groups is 4. The van der Waals surface area contributed by atoms with Gasteiger partial charge in [-0.3, -0.25) is 19.7 Å². The Balaban J connectivity index is 0.000000183. The van der Waals surface area contributed by atoms with Crippen molar-refractivity contribution in [1.29, 1.82) is 0 Å². The summed E-state index contributed by atoms with van der Waals surface area (Å²) in [6.07, 6.45) is -1.41. The molecule has 2 atom stereocenters. The van der Waals surface area contributed by atoms with Gasteiger partial charge in [0.15, 0.2) is 12.2 Å². The molecule has 0 radical (unpaired) electrons. The average Bonchev–Trinajstić information content (AvgIpc) is 3.58. The topological polar surface area (TPSA) is 158 Å². The molecule has 0 aromatic heterocycles. The molecule has 248 valence electrons. The van der Waals surface area contributed by atoms with E-state index in [1.54, 1.807) is 37.4 Å². The number of rotatable bonds is 5. The largest absolute Gasteiger partial charge is 0.496 e. The van der Waals surface area contributed by atoms with Gasteiger partial charge in [0, 0.05) is 19.9 Å². The Morgan fingerprint density at radius 3 is 1.65 bits per heavy atom. The van der Waals surface area contributed by atoms with Gasteiger partial charge in [0.2, 0.25) is 0 Å². The summed E-state index contributed by atoms with van der Waals surface area (Å²) < 4.78 is 51.0. The Bertz CT molecular complexity index is 1860. The van der Waals surface area contributed by atoms with E-state index in [9.17, 15) is 38.1 Å². The molecule has 6 rings (SSSR count). The number of halogens is 2. The molecule has 4 aromatic carbocycles. The first-order valence-electron chi connectivity index (χ1n) is 14.0. The minimum atomic E-state index is -0.863. The first-order valence-corrected chi connectivity index (χ1v) is 14.0. The van der Waals surface area contributed by atoms with Crippen molar-refractivity contribution in [2.75, 3.05) is 14.2 Å². The van der Waals surface area contributed by atoms with E-state index in [-0.39, 0.29) is 28.6 Å². The van der Waals surface area contributed by atoms with Crippen molar-refractivity contribution in [3.63, 3.8) is 0 Å². The quantitative estimate of drug-likeness (QED) is 0.0788. The molecular formula is C34H27F2NO11. The number of nitro benzene ring substituents is 1. The molecule has 0 bridgehead atoms. The van der Waals surface area contributed by atoms with E-state index in [4.69, 9.17) is 18.9 Å². The summed E-state index contributed by atoms with van der Waals surface area (Å²) in [6.45, 7) is 2.36. The number of fused-ring (bicyclic) bond motifs is 2. The monoisotopic (exact) mass is 663 g/mol. The minimum absolute atomic E-state index is 0.126. The van der Waals surface area contributed by atoms with Crippen molar-refractivity contribution in [3.05, 3.63) is 134 Å². The van der Waals surface area contributed by atoms with Crippen LogP contribution in [0.2, 0.25) is 0 Å². The molecule has 0 N–H and O–H groups in total. The normalized spacial score (nSPS) is 15.2. The summed E-state index contributed by atoms with van der Waals surface area (Å²) in [4.78, 5) is 54.0. The third-order valence-corrected chi connectivity index (χ3v) is 6.92. The summed E-state index contributed by atoms with van der Waals surface area (Å²) in [5.74, 6) is -2.16. The zero-order valence-corrected chi connectivity index (χ0v) is 25.9. The van der Waals surface area contributed by atoms with Crippen LogP contribution in [0.25, 0.3) is 0 Å². The number of hydrogen-bond acceptors (Lipinski definition) is 11. The predicted molar refractivity (Wildman–Crippen MR) is 162 cm³/mol. The third-order valence-electron chi connectivity index (χ3n) is 6.92. The van der Waals surface area contributed by atoms with Crippen LogP contribution in [0.1, 0.15) is 69.0 Å². The number of nitrogens with zero attached hydrogens (tertiary/aromatic N) is 1. The lowest BCUT2D eigenvalue weighted by molar-refractivity contribution is -0.385. The molecule has 14 heteroatoms. The SMILES string of the molecule is CC(=O)OC(C)=O.COc1ccc([N+](=O)[O-])c2c1C(c1ccc(F)cc1)OC2=O.COc1cccc2c1C(c1ccc(F)cc1)OC2=O. The van der Waals surface area contributed by atoms with Gasteiger partial charge >= 0.3 is 23.9 Å². The summed E-state index contributed by atoms with van der Waals surface area (Å²) in [5, 5.41) is 11.1. The van der Waals surface area contributed by atoms with Crippen LogP contribution in [-0.4, -0.2) is 43.0 Å². The maximum atomic E-state index is 13.0. The van der Waals surface area contributed by atoms with E-state index in [2.05, 4.69) is 4.74 Å². The molecule has 4 aromatic rings. The number of cyclic esters (lactones) is 2. The number of esters is 4. The van der Waals surface area contributed by atoms with E-state index < -0.39 is 40.9 Å². The van der Waals surface area contributed by atoms with Gasteiger partial charge < -0.3 is 23.7 Å². The predicted octanol–water partition coefficient (Wildman–Crippen LogP) is 6.19. The zero-order chi connectivity index (χ0) is 35.1. The Hall–Kier alpha value is -6.18. The van der Waals surface area contributed by atoms with Gasteiger partial charge in [-0.05, 0) is 53.6 Å². The highest BCUT2D eigenvalue weighted by Gasteiger charge is 2.41. The van der Waals surface area contributed by atoms with E-state index in [1.807, 2.05) is 0 Å². The Morgan fingerprint density at radius 2 is 1.19 bits per heavy atom. The molecule has 2 aliphatic rings.